The van der Waals surface area contributed by atoms with Crippen LogP contribution in [0.25, 0.3) is 10.9 Å². The summed E-state index contributed by atoms with van der Waals surface area (Å²) in [6, 6.07) is 22.3. The highest BCUT2D eigenvalue weighted by Gasteiger charge is 2.43. The van der Waals surface area contributed by atoms with Crippen molar-refractivity contribution in [2.75, 3.05) is 10.8 Å². The Morgan fingerprint density at radius 2 is 1.87 bits per heavy atom. The molecule has 3 nitrogen and oxygen atoms in total. The summed E-state index contributed by atoms with van der Waals surface area (Å²) in [4.78, 5) is 4.55. The lowest BCUT2D eigenvalue weighted by Crippen LogP contribution is -2.29. The Bertz CT molecular complexity index is 1290. The number of nitrogens with one attached hydrogen (secondary N) is 1. The van der Waals surface area contributed by atoms with E-state index in [-0.39, 0.29) is 17.8 Å². The van der Waals surface area contributed by atoms with Crippen molar-refractivity contribution in [1.29, 1.82) is 0 Å². The highest BCUT2D eigenvalue weighted by Crippen LogP contribution is 2.48. The zero-order chi connectivity index (χ0) is 20.2. The molecule has 0 aliphatic carbocycles. The van der Waals surface area contributed by atoms with Crippen LogP contribution < -0.4 is 5.01 Å². The molecule has 0 fully saturated rings. The van der Waals surface area contributed by atoms with E-state index in [1.54, 1.807) is 6.07 Å². The third-order valence-electron chi connectivity index (χ3n) is 6.13. The number of H-pyrrole nitrogens is 1. The van der Waals surface area contributed by atoms with Crippen LogP contribution in [0.5, 0.6) is 0 Å². The molecular weight excluding hydrogens is 393 g/mol. The van der Waals surface area contributed by atoms with Gasteiger partial charge in [0, 0.05) is 44.8 Å². The maximum absolute atomic E-state index is 14.5. The van der Waals surface area contributed by atoms with E-state index in [0.29, 0.717) is 5.56 Å². The molecule has 30 heavy (non-hydrogen) atoms. The van der Waals surface area contributed by atoms with Crippen LogP contribution in [0.2, 0.25) is 0 Å². The summed E-state index contributed by atoms with van der Waals surface area (Å²) in [6.45, 7) is 1.82. The number of nitrogens with zero attached hydrogens (tertiary/aromatic N) is 2. The second-order valence-electron chi connectivity index (χ2n) is 7.91. The minimum Gasteiger partial charge on any atom is -0.361 e. The van der Waals surface area contributed by atoms with E-state index in [9.17, 15) is 4.39 Å². The molecule has 148 valence electrons. The molecule has 5 heteroatoms. The van der Waals surface area contributed by atoms with Gasteiger partial charge in [-0.1, -0.05) is 36.4 Å². The number of hydrazone groups is 1. The van der Waals surface area contributed by atoms with E-state index in [2.05, 4.69) is 46.5 Å². The number of thioether (sulfide) groups is 1. The van der Waals surface area contributed by atoms with E-state index in [1.165, 1.54) is 10.9 Å². The molecule has 3 heterocycles. The number of hydrogen-bond acceptors (Lipinski definition) is 3. The van der Waals surface area contributed by atoms with Gasteiger partial charge in [0.25, 0.3) is 0 Å². The van der Waals surface area contributed by atoms with Gasteiger partial charge in [-0.05, 0) is 42.8 Å². The molecule has 0 saturated heterocycles. The predicted octanol–water partition coefficient (Wildman–Crippen LogP) is 6.30. The van der Waals surface area contributed by atoms with Gasteiger partial charge in [-0.2, -0.15) is 5.10 Å². The normalized spacial score (nSPS) is 20.2. The van der Waals surface area contributed by atoms with Gasteiger partial charge in [0.05, 0.1) is 17.4 Å². The fourth-order valence-electron chi connectivity index (χ4n) is 4.64. The predicted molar refractivity (Wildman–Crippen MR) is 122 cm³/mol. The van der Waals surface area contributed by atoms with Gasteiger partial charge in [-0.3, -0.25) is 5.01 Å². The van der Waals surface area contributed by atoms with Crippen LogP contribution >= 0.6 is 11.8 Å². The summed E-state index contributed by atoms with van der Waals surface area (Å²) in [6.07, 6.45) is 2.11. The Kier molecular flexibility index (Phi) is 4.00. The fourth-order valence-corrected chi connectivity index (χ4v) is 5.91. The minimum absolute atomic E-state index is 0.0589. The van der Waals surface area contributed by atoms with Crippen molar-refractivity contribution < 1.29 is 4.39 Å². The molecule has 1 N–H and O–H groups in total. The van der Waals surface area contributed by atoms with Crippen LogP contribution in [0.3, 0.4) is 0 Å². The topological polar surface area (TPSA) is 31.4 Å². The Morgan fingerprint density at radius 1 is 1.07 bits per heavy atom. The average molecular weight is 414 g/mol. The number of para-hydroxylation sites is 2. The molecule has 0 spiro atoms. The van der Waals surface area contributed by atoms with Crippen LogP contribution in [-0.2, 0) is 0 Å². The lowest BCUT2D eigenvalue weighted by Gasteiger charge is -2.30. The molecule has 0 bridgehead atoms. The zero-order valence-electron chi connectivity index (χ0n) is 16.5. The molecule has 1 aromatic heterocycles. The molecule has 2 aliphatic rings. The summed E-state index contributed by atoms with van der Waals surface area (Å²) < 4.78 is 14.5. The first-order valence-electron chi connectivity index (χ1n) is 10.1. The highest BCUT2D eigenvalue weighted by atomic mass is 32.2. The maximum atomic E-state index is 14.5. The number of rotatable bonds is 2. The van der Waals surface area contributed by atoms with Crippen molar-refractivity contribution in [3.05, 3.63) is 95.4 Å². The monoisotopic (exact) mass is 413 g/mol. The standard InChI is InChI=1S/C25H20FN3S/c1-15-11-23-18(12-21(15)26)24-20(14-30-23)25(29(28-24)16-7-3-2-4-8-16)19-13-27-22-10-6-5-9-17(19)22/h2-13,20,25,27H,14H2,1H3. The van der Waals surface area contributed by atoms with Gasteiger partial charge in [0.2, 0.25) is 0 Å². The van der Waals surface area contributed by atoms with Crippen LogP contribution in [0, 0.1) is 18.7 Å². The summed E-state index contributed by atoms with van der Waals surface area (Å²) in [5, 5.41) is 8.43. The zero-order valence-corrected chi connectivity index (χ0v) is 17.3. The van der Waals surface area contributed by atoms with E-state index < -0.39 is 0 Å². The van der Waals surface area contributed by atoms with Crippen LogP contribution in [0.1, 0.15) is 22.7 Å². The van der Waals surface area contributed by atoms with Crippen molar-refractivity contribution in [3.63, 3.8) is 0 Å². The molecule has 4 aromatic rings. The summed E-state index contributed by atoms with van der Waals surface area (Å²) in [5.74, 6) is 0.938. The number of anilines is 1. The Hall–Kier alpha value is -3.05. The minimum atomic E-state index is -0.167. The van der Waals surface area contributed by atoms with Gasteiger partial charge in [0.15, 0.2) is 0 Å². The van der Waals surface area contributed by atoms with Gasteiger partial charge < -0.3 is 4.98 Å². The number of aryl methyl sites for hydroxylation is 1. The largest absolute Gasteiger partial charge is 0.361 e. The molecule has 0 radical (unpaired) electrons. The smallest absolute Gasteiger partial charge is 0.126 e. The van der Waals surface area contributed by atoms with E-state index in [1.807, 2.05) is 49.0 Å². The third-order valence-corrected chi connectivity index (χ3v) is 7.30. The first-order valence-corrected chi connectivity index (χ1v) is 11.1. The molecule has 0 saturated carbocycles. The van der Waals surface area contributed by atoms with Crippen molar-refractivity contribution in [3.8, 4) is 0 Å². The van der Waals surface area contributed by atoms with Crippen molar-refractivity contribution in [2.24, 2.45) is 11.0 Å². The molecule has 2 aliphatic heterocycles. The second kappa shape index (κ2) is 6.74. The Balaban J connectivity index is 1.55. The number of aromatic amines is 1. The number of halogens is 1. The van der Waals surface area contributed by atoms with E-state index >= 15 is 0 Å². The van der Waals surface area contributed by atoms with Gasteiger partial charge in [-0.25, -0.2) is 4.39 Å². The van der Waals surface area contributed by atoms with Gasteiger partial charge >= 0.3 is 0 Å². The first-order chi connectivity index (χ1) is 14.7. The van der Waals surface area contributed by atoms with Crippen molar-refractivity contribution in [2.45, 2.75) is 17.9 Å². The summed E-state index contributed by atoms with van der Waals surface area (Å²) in [7, 11) is 0. The lowest BCUT2D eigenvalue weighted by molar-refractivity contribution is 0.595. The molecular formula is C25H20FN3S. The first kappa shape index (κ1) is 17.8. The van der Waals surface area contributed by atoms with Crippen molar-refractivity contribution >= 4 is 34.1 Å². The van der Waals surface area contributed by atoms with Gasteiger partial charge in [0.1, 0.15) is 5.82 Å². The van der Waals surface area contributed by atoms with Gasteiger partial charge in [-0.15, -0.1) is 11.8 Å². The quantitative estimate of drug-likeness (QED) is 0.418. The summed E-state index contributed by atoms with van der Waals surface area (Å²) in [5.41, 5.74) is 6.01. The van der Waals surface area contributed by atoms with Crippen LogP contribution in [0.15, 0.2) is 82.9 Å². The maximum Gasteiger partial charge on any atom is 0.126 e. The molecule has 0 amide bonds. The second-order valence-corrected chi connectivity index (χ2v) is 8.98. The molecule has 6 rings (SSSR count). The van der Waals surface area contributed by atoms with Crippen LogP contribution in [-0.4, -0.2) is 16.4 Å². The molecule has 2 atom stereocenters. The fraction of sp³-hybridized carbons (Fsp3) is 0.160. The third kappa shape index (κ3) is 2.62. The SMILES string of the molecule is Cc1cc2c(cc1F)C1=NN(c3ccccc3)C(c3c[nH]c4ccccc34)C1CS2. The number of hydrogen-bond donors (Lipinski definition) is 1. The van der Waals surface area contributed by atoms with E-state index in [0.717, 1.165) is 33.1 Å². The number of fused-ring (bicyclic) bond motifs is 4. The number of aromatic nitrogens is 1. The van der Waals surface area contributed by atoms with E-state index in [4.69, 9.17) is 5.10 Å². The van der Waals surface area contributed by atoms with Crippen LogP contribution in [0.4, 0.5) is 10.1 Å². The Morgan fingerprint density at radius 3 is 2.73 bits per heavy atom. The van der Waals surface area contributed by atoms with Crippen molar-refractivity contribution in [1.82, 2.24) is 4.98 Å². The molecule has 2 unspecified atom stereocenters. The number of benzene rings is 3. The Labute approximate surface area is 178 Å². The lowest BCUT2D eigenvalue weighted by atomic mass is 9.87. The summed E-state index contributed by atoms with van der Waals surface area (Å²) >= 11 is 1.81. The highest BCUT2D eigenvalue weighted by molar-refractivity contribution is 7.99. The molecule has 3 aromatic carbocycles. The average Bonchev–Trinajstić information content (AvgIpc) is 3.36.